The maximum Gasteiger partial charge on any atom is 0.420 e. The van der Waals surface area contributed by atoms with Crippen LogP contribution in [0.2, 0.25) is 0 Å². The normalized spacial score (nSPS) is 15.1. The highest BCUT2D eigenvalue weighted by Gasteiger charge is 2.21. The van der Waals surface area contributed by atoms with Gasteiger partial charge in [0.25, 0.3) is 5.91 Å². The van der Waals surface area contributed by atoms with Gasteiger partial charge in [0.15, 0.2) is 23.7 Å². The summed E-state index contributed by atoms with van der Waals surface area (Å²) in [6.45, 7) is -0.308. The molecule has 1 aliphatic rings. The van der Waals surface area contributed by atoms with E-state index in [0.717, 1.165) is 4.57 Å². The van der Waals surface area contributed by atoms with Crippen molar-refractivity contribution >= 4 is 23.0 Å². The van der Waals surface area contributed by atoms with E-state index in [4.69, 9.17) is 18.6 Å². The number of carbonyl (C=O) groups excluding carboxylic acids is 2. The number of esters is 1. The molecule has 0 spiro atoms. The van der Waals surface area contributed by atoms with Crippen molar-refractivity contribution in [2.24, 2.45) is 0 Å². The lowest BCUT2D eigenvalue weighted by molar-refractivity contribution is -0.149. The second-order valence-corrected chi connectivity index (χ2v) is 6.38. The molecule has 0 fully saturated rings. The molecule has 0 bridgehead atoms. The fourth-order valence-corrected chi connectivity index (χ4v) is 2.93. The molecule has 1 aliphatic heterocycles. The minimum absolute atomic E-state index is 0.205. The molecule has 150 valence electrons. The number of fused-ring (bicyclic) bond motifs is 2. The summed E-state index contributed by atoms with van der Waals surface area (Å²) in [6.07, 6.45) is -0.347. The fraction of sp³-hybridized carbons (Fsp3) is 0.250. The van der Waals surface area contributed by atoms with Crippen molar-refractivity contribution < 1.29 is 28.2 Å². The monoisotopic (exact) mass is 398 g/mol. The molecule has 4 rings (SSSR count). The molecule has 9 heteroatoms. The molecule has 29 heavy (non-hydrogen) atoms. The van der Waals surface area contributed by atoms with Crippen LogP contribution in [0.5, 0.6) is 11.5 Å². The number of ether oxygens (including phenoxy) is 3. The molecule has 3 aromatic rings. The van der Waals surface area contributed by atoms with Gasteiger partial charge < -0.3 is 23.9 Å². The zero-order valence-corrected chi connectivity index (χ0v) is 15.3. The van der Waals surface area contributed by atoms with Crippen LogP contribution in [0, 0.1) is 0 Å². The van der Waals surface area contributed by atoms with Gasteiger partial charge in [0.1, 0.15) is 19.3 Å². The van der Waals surface area contributed by atoms with Crippen molar-refractivity contribution in [2.75, 3.05) is 19.8 Å². The minimum atomic E-state index is -0.722. The molecule has 1 amide bonds. The Morgan fingerprint density at radius 2 is 1.86 bits per heavy atom. The van der Waals surface area contributed by atoms with E-state index in [2.05, 4.69) is 5.32 Å². The van der Waals surface area contributed by atoms with E-state index in [1.54, 1.807) is 36.4 Å². The van der Waals surface area contributed by atoms with Gasteiger partial charge in [-0.1, -0.05) is 24.3 Å². The van der Waals surface area contributed by atoms with Crippen molar-refractivity contribution in [1.82, 2.24) is 9.88 Å². The molecule has 0 saturated carbocycles. The first-order chi connectivity index (χ1) is 14.1. The van der Waals surface area contributed by atoms with Crippen LogP contribution in [0.3, 0.4) is 0 Å². The van der Waals surface area contributed by atoms with Gasteiger partial charge in [-0.2, -0.15) is 0 Å². The Morgan fingerprint density at radius 3 is 2.72 bits per heavy atom. The van der Waals surface area contributed by atoms with E-state index in [1.165, 1.54) is 0 Å². The van der Waals surface area contributed by atoms with Gasteiger partial charge in [-0.05, 0) is 24.3 Å². The number of rotatable bonds is 6. The first-order valence-corrected chi connectivity index (χ1v) is 8.99. The average Bonchev–Trinajstić information content (AvgIpc) is 3.05. The minimum Gasteiger partial charge on any atom is -0.486 e. The summed E-state index contributed by atoms with van der Waals surface area (Å²) >= 11 is 0. The van der Waals surface area contributed by atoms with Crippen LogP contribution in [0.15, 0.2) is 57.7 Å². The maximum absolute atomic E-state index is 12.0. The Morgan fingerprint density at radius 1 is 1.10 bits per heavy atom. The van der Waals surface area contributed by atoms with Crippen LogP contribution in [-0.2, 0) is 20.9 Å². The van der Waals surface area contributed by atoms with Crippen LogP contribution in [-0.4, -0.2) is 42.3 Å². The first-order valence-electron chi connectivity index (χ1n) is 8.99. The van der Waals surface area contributed by atoms with E-state index in [0.29, 0.717) is 29.2 Å². The third-order valence-electron chi connectivity index (χ3n) is 4.32. The first kappa shape index (κ1) is 18.6. The van der Waals surface area contributed by atoms with Crippen molar-refractivity contribution in [1.29, 1.82) is 0 Å². The maximum atomic E-state index is 12.0. The third kappa shape index (κ3) is 4.23. The number of carbonyl (C=O) groups is 2. The molecule has 1 N–H and O–H groups in total. The second-order valence-electron chi connectivity index (χ2n) is 6.38. The summed E-state index contributed by atoms with van der Waals surface area (Å²) in [5.41, 5.74) is 0.855. The van der Waals surface area contributed by atoms with Crippen LogP contribution < -0.4 is 20.5 Å². The summed E-state index contributed by atoms with van der Waals surface area (Å²) in [4.78, 5) is 35.8. The van der Waals surface area contributed by atoms with E-state index < -0.39 is 24.2 Å². The van der Waals surface area contributed by atoms with Crippen LogP contribution in [0.25, 0.3) is 11.1 Å². The highest BCUT2D eigenvalue weighted by Crippen LogP contribution is 2.30. The van der Waals surface area contributed by atoms with Crippen molar-refractivity contribution in [3.05, 3.63) is 59.1 Å². The smallest absolute Gasteiger partial charge is 0.420 e. The van der Waals surface area contributed by atoms with Crippen LogP contribution >= 0.6 is 0 Å². The van der Waals surface area contributed by atoms with Crippen molar-refractivity contribution in [3.63, 3.8) is 0 Å². The molecular weight excluding hydrogens is 380 g/mol. The Hall–Kier alpha value is -3.75. The lowest BCUT2D eigenvalue weighted by Gasteiger charge is -2.26. The Labute approximate surface area is 164 Å². The van der Waals surface area contributed by atoms with Crippen LogP contribution in [0.4, 0.5) is 0 Å². The van der Waals surface area contributed by atoms with E-state index in [-0.39, 0.29) is 19.2 Å². The standard InChI is InChI=1S/C20H18N2O7/c23-18(21-9-13-11-26-16-7-3-4-8-17(16)28-13)12-27-19(24)10-22-14-5-1-2-6-15(14)29-20(22)25/h1-8,13H,9-12H2,(H,21,23)/t13-/m1/s1. The highest BCUT2D eigenvalue weighted by molar-refractivity contribution is 5.81. The second kappa shape index (κ2) is 8.09. The SMILES string of the molecule is O=C(COC(=O)Cn1c(=O)oc2ccccc21)NC[C@@H]1COc2ccccc2O1. The lowest BCUT2D eigenvalue weighted by atomic mass is 10.2. The molecule has 2 aromatic carbocycles. The number of oxazole rings is 1. The molecule has 2 heterocycles. The van der Waals surface area contributed by atoms with E-state index in [1.807, 2.05) is 12.1 Å². The molecule has 1 aromatic heterocycles. The molecule has 0 unspecified atom stereocenters. The Bertz CT molecular complexity index is 1100. The molecule has 0 aliphatic carbocycles. The largest absolute Gasteiger partial charge is 0.486 e. The number of aromatic nitrogens is 1. The van der Waals surface area contributed by atoms with E-state index >= 15 is 0 Å². The van der Waals surface area contributed by atoms with E-state index in [9.17, 15) is 14.4 Å². The predicted octanol–water partition coefficient (Wildman–Crippen LogP) is 1.09. The van der Waals surface area contributed by atoms with Gasteiger partial charge in [-0.15, -0.1) is 0 Å². The number of hydrogen-bond acceptors (Lipinski definition) is 7. The van der Waals surface area contributed by atoms with Crippen molar-refractivity contribution in [2.45, 2.75) is 12.6 Å². The summed E-state index contributed by atoms with van der Waals surface area (Å²) in [7, 11) is 0. The fourth-order valence-electron chi connectivity index (χ4n) is 2.93. The zero-order valence-electron chi connectivity index (χ0n) is 15.3. The van der Waals surface area contributed by atoms with Gasteiger partial charge in [-0.25, -0.2) is 4.79 Å². The number of para-hydroxylation sites is 4. The third-order valence-corrected chi connectivity index (χ3v) is 4.32. The topological polar surface area (TPSA) is 109 Å². The molecule has 1 atom stereocenters. The van der Waals surface area contributed by atoms with Gasteiger partial charge in [0.2, 0.25) is 0 Å². The molecule has 0 saturated heterocycles. The number of amides is 1. The Balaban J connectivity index is 1.24. The van der Waals surface area contributed by atoms with Crippen LogP contribution in [0.1, 0.15) is 0 Å². The number of nitrogens with zero attached hydrogens (tertiary/aromatic N) is 1. The van der Waals surface area contributed by atoms with Gasteiger partial charge in [0.05, 0.1) is 12.1 Å². The lowest BCUT2D eigenvalue weighted by Crippen LogP contribution is -2.42. The molecule has 9 nitrogen and oxygen atoms in total. The highest BCUT2D eigenvalue weighted by atomic mass is 16.6. The molecular formula is C20H18N2O7. The number of benzene rings is 2. The Kier molecular flexibility index (Phi) is 5.19. The van der Waals surface area contributed by atoms with Gasteiger partial charge >= 0.3 is 11.7 Å². The van der Waals surface area contributed by atoms with Gasteiger partial charge in [0, 0.05) is 0 Å². The quantitative estimate of drug-likeness (QED) is 0.619. The number of nitrogens with one attached hydrogen (secondary N) is 1. The zero-order chi connectivity index (χ0) is 20.2. The molecule has 0 radical (unpaired) electrons. The average molecular weight is 398 g/mol. The summed E-state index contributed by atoms with van der Waals surface area (Å²) in [6, 6.07) is 14.0. The predicted molar refractivity (Wildman–Crippen MR) is 101 cm³/mol. The summed E-state index contributed by atoms with van der Waals surface area (Å²) in [5.74, 6) is -0.597. The summed E-state index contributed by atoms with van der Waals surface area (Å²) in [5, 5.41) is 2.63. The van der Waals surface area contributed by atoms with Gasteiger partial charge in [-0.3, -0.25) is 14.2 Å². The summed E-state index contributed by atoms with van der Waals surface area (Å²) < 4.78 is 22.5. The van der Waals surface area contributed by atoms with Crippen molar-refractivity contribution in [3.8, 4) is 11.5 Å². The number of hydrogen-bond donors (Lipinski definition) is 1.